The van der Waals surface area contributed by atoms with Crippen LogP contribution < -0.4 is 11.1 Å². The first kappa shape index (κ1) is 13.9. The SMILES string of the molecule is CCc1c[nH]c2ncnc(NC3CCCCC3C(N)=O)c12. The number of nitrogens with zero attached hydrogens (tertiary/aromatic N) is 2. The van der Waals surface area contributed by atoms with Gasteiger partial charge in [-0.05, 0) is 24.8 Å². The molecule has 2 aromatic heterocycles. The molecular formula is C15H21N5O. The van der Waals surface area contributed by atoms with Crippen molar-refractivity contribution in [1.82, 2.24) is 15.0 Å². The lowest BCUT2D eigenvalue weighted by atomic mass is 9.84. The molecule has 1 aliphatic rings. The number of nitrogens with two attached hydrogens (primary N) is 1. The minimum Gasteiger partial charge on any atom is -0.369 e. The second kappa shape index (κ2) is 5.71. The second-order valence-corrected chi connectivity index (χ2v) is 5.66. The Morgan fingerprint density at radius 3 is 3.00 bits per heavy atom. The number of aromatic amines is 1. The molecule has 2 heterocycles. The number of primary amides is 1. The summed E-state index contributed by atoms with van der Waals surface area (Å²) in [7, 11) is 0. The molecule has 1 aliphatic carbocycles. The van der Waals surface area contributed by atoms with E-state index in [0.717, 1.165) is 49.0 Å². The molecule has 0 aliphatic heterocycles. The Kier molecular flexibility index (Phi) is 3.77. The van der Waals surface area contributed by atoms with Crippen LogP contribution in [0, 0.1) is 5.92 Å². The Hall–Kier alpha value is -2.11. The van der Waals surface area contributed by atoms with E-state index in [4.69, 9.17) is 5.73 Å². The van der Waals surface area contributed by atoms with E-state index in [9.17, 15) is 4.79 Å². The molecule has 1 amide bonds. The van der Waals surface area contributed by atoms with Crippen molar-refractivity contribution in [2.75, 3.05) is 5.32 Å². The summed E-state index contributed by atoms with van der Waals surface area (Å²) in [6.45, 7) is 2.10. The first-order chi connectivity index (χ1) is 10.2. The molecule has 1 saturated carbocycles. The number of anilines is 1. The number of aryl methyl sites for hydroxylation is 1. The molecule has 1 fully saturated rings. The molecule has 0 aromatic carbocycles. The molecule has 6 heteroatoms. The van der Waals surface area contributed by atoms with Crippen LogP contribution in [0.2, 0.25) is 0 Å². The van der Waals surface area contributed by atoms with Gasteiger partial charge in [0, 0.05) is 12.2 Å². The van der Waals surface area contributed by atoms with Crippen molar-refractivity contribution >= 4 is 22.8 Å². The summed E-state index contributed by atoms with van der Waals surface area (Å²) in [4.78, 5) is 23.4. The third-order valence-corrected chi connectivity index (χ3v) is 4.39. The number of carbonyl (C=O) groups excluding carboxylic acids is 1. The van der Waals surface area contributed by atoms with Crippen molar-refractivity contribution in [2.45, 2.75) is 45.1 Å². The summed E-state index contributed by atoms with van der Waals surface area (Å²) in [6.07, 6.45) is 8.41. The summed E-state index contributed by atoms with van der Waals surface area (Å²) in [5.74, 6) is 0.464. The number of hydrogen-bond acceptors (Lipinski definition) is 4. The highest BCUT2D eigenvalue weighted by Gasteiger charge is 2.30. The second-order valence-electron chi connectivity index (χ2n) is 5.66. The molecule has 0 bridgehead atoms. The normalized spacial score (nSPS) is 22.3. The lowest BCUT2D eigenvalue weighted by Crippen LogP contribution is -2.40. The maximum Gasteiger partial charge on any atom is 0.222 e. The predicted molar refractivity (Wildman–Crippen MR) is 81.8 cm³/mol. The number of carbonyl (C=O) groups is 1. The fraction of sp³-hybridized carbons (Fsp3) is 0.533. The van der Waals surface area contributed by atoms with Crippen LogP contribution in [0.5, 0.6) is 0 Å². The monoisotopic (exact) mass is 287 g/mol. The topological polar surface area (TPSA) is 96.7 Å². The largest absolute Gasteiger partial charge is 0.369 e. The van der Waals surface area contributed by atoms with Crippen molar-refractivity contribution in [3.05, 3.63) is 18.1 Å². The van der Waals surface area contributed by atoms with Gasteiger partial charge in [0.05, 0.1) is 11.3 Å². The number of aromatic nitrogens is 3. The zero-order chi connectivity index (χ0) is 14.8. The average Bonchev–Trinajstić information content (AvgIpc) is 2.92. The highest BCUT2D eigenvalue weighted by Crippen LogP contribution is 2.30. The molecule has 2 aromatic rings. The number of fused-ring (bicyclic) bond motifs is 1. The summed E-state index contributed by atoms with van der Waals surface area (Å²) in [5, 5.41) is 4.47. The maximum atomic E-state index is 11.6. The van der Waals surface area contributed by atoms with Gasteiger partial charge in [0.25, 0.3) is 0 Å². The van der Waals surface area contributed by atoms with Crippen molar-refractivity contribution < 1.29 is 4.79 Å². The molecule has 21 heavy (non-hydrogen) atoms. The number of amides is 1. The summed E-state index contributed by atoms with van der Waals surface area (Å²) in [5.41, 5.74) is 7.55. The van der Waals surface area contributed by atoms with Gasteiger partial charge in [-0.15, -0.1) is 0 Å². The van der Waals surface area contributed by atoms with E-state index < -0.39 is 0 Å². The Bertz CT molecular complexity index is 651. The quantitative estimate of drug-likeness (QED) is 0.801. The highest BCUT2D eigenvalue weighted by atomic mass is 16.1. The van der Waals surface area contributed by atoms with Gasteiger partial charge in [0.15, 0.2) is 0 Å². The third-order valence-electron chi connectivity index (χ3n) is 4.39. The minimum atomic E-state index is -0.220. The van der Waals surface area contributed by atoms with Crippen LogP contribution in [0.4, 0.5) is 5.82 Å². The Morgan fingerprint density at radius 1 is 1.43 bits per heavy atom. The lowest BCUT2D eigenvalue weighted by Gasteiger charge is -2.30. The van der Waals surface area contributed by atoms with Crippen molar-refractivity contribution in [3.8, 4) is 0 Å². The van der Waals surface area contributed by atoms with Crippen LogP contribution in [0.3, 0.4) is 0 Å². The van der Waals surface area contributed by atoms with Crippen molar-refractivity contribution in [3.63, 3.8) is 0 Å². The highest BCUT2D eigenvalue weighted by molar-refractivity contribution is 5.90. The standard InChI is InChI=1S/C15H21N5O/c1-2-9-7-17-14-12(9)15(19-8-18-14)20-11-6-4-3-5-10(11)13(16)21/h7-8,10-11H,2-6H2,1H3,(H2,16,21)(H2,17,18,19,20). The lowest BCUT2D eigenvalue weighted by molar-refractivity contribution is -0.122. The zero-order valence-electron chi connectivity index (χ0n) is 12.2. The van der Waals surface area contributed by atoms with Crippen LogP contribution >= 0.6 is 0 Å². The minimum absolute atomic E-state index is 0.0638. The van der Waals surface area contributed by atoms with Gasteiger partial charge >= 0.3 is 0 Å². The zero-order valence-corrected chi connectivity index (χ0v) is 12.2. The summed E-state index contributed by atoms with van der Waals surface area (Å²) in [6, 6.07) is 0.0638. The van der Waals surface area contributed by atoms with Gasteiger partial charge in [0.2, 0.25) is 5.91 Å². The smallest absolute Gasteiger partial charge is 0.222 e. The predicted octanol–water partition coefficient (Wildman–Crippen LogP) is 1.98. The summed E-state index contributed by atoms with van der Waals surface area (Å²) >= 11 is 0. The number of nitrogens with one attached hydrogen (secondary N) is 2. The van der Waals surface area contributed by atoms with Gasteiger partial charge < -0.3 is 16.0 Å². The van der Waals surface area contributed by atoms with Crippen LogP contribution in [-0.2, 0) is 11.2 Å². The molecule has 0 spiro atoms. The van der Waals surface area contributed by atoms with Gasteiger partial charge in [-0.1, -0.05) is 19.8 Å². The van der Waals surface area contributed by atoms with E-state index in [1.54, 1.807) is 6.33 Å². The van der Waals surface area contributed by atoms with Crippen LogP contribution in [0.1, 0.15) is 38.2 Å². The van der Waals surface area contributed by atoms with Gasteiger partial charge in [0.1, 0.15) is 17.8 Å². The summed E-state index contributed by atoms with van der Waals surface area (Å²) < 4.78 is 0. The molecule has 0 radical (unpaired) electrons. The van der Waals surface area contributed by atoms with E-state index in [0.29, 0.717) is 0 Å². The average molecular weight is 287 g/mol. The number of rotatable bonds is 4. The fourth-order valence-corrected chi connectivity index (χ4v) is 3.23. The number of hydrogen-bond donors (Lipinski definition) is 3. The Morgan fingerprint density at radius 2 is 2.24 bits per heavy atom. The third kappa shape index (κ3) is 2.57. The van der Waals surface area contributed by atoms with Crippen LogP contribution in [-0.4, -0.2) is 26.9 Å². The van der Waals surface area contributed by atoms with E-state index >= 15 is 0 Å². The molecule has 6 nitrogen and oxygen atoms in total. The molecule has 112 valence electrons. The van der Waals surface area contributed by atoms with Crippen LogP contribution in [0.15, 0.2) is 12.5 Å². The van der Waals surface area contributed by atoms with E-state index in [2.05, 4.69) is 27.2 Å². The van der Waals surface area contributed by atoms with Crippen molar-refractivity contribution in [2.24, 2.45) is 11.7 Å². The number of H-pyrrole nitrogens is 1. The maximum absolute atomic E-state index is 11.6. The van der Waals surface area contributed by atoms with Gasteiger partial charge in [-0.2, -0.15) is 0 Å². The fourth-order valence-electron chi connectivity index (χ4n) is 3.23. The van der Waals surface area contributed by atoms with Gasteiger partial charge in [-0.25, -0.2) is 9.97 Å². The Balaban J connectivity index is 1.93. The Labute approximate surface area is 123 Å². The van der Waals surface area contributed by atoms with E-state index in [-0.39, 0.29) is 17.9 Å². The molecule has 2 atom stereocenters. The molecular weight excluding hydrogens is 266 g/mol. The molecule has 2 unspecified atom stereocenters. The first-order valence-corrected chi connectivity index (χ1v) is 7.57. The molecule has 3 rings (SSSR count). The molecule has 0 saturated heterocycles. The van der Waals surface area contributed by atoms with Crippen molar-refractivity contribution in [1.29, 1.82) is 0 Å². The van der Waals surface area contributed by atoms with Gasteiger partial charge in [-0.3, -0.25) is 4.79 Å². The van der Waals surface area contributed by atoms with Crippen LogP contribution in [0.25, 0.3) is 11.0 Å². The van der Waals surface area contributed by atoms with E-state index in [1.165, 1.54) is 5.56 Å². The van der Waals surface area contributed by atoms with E-state index in [1.807, 2.05) is 6.20 Å². The molecule has 4 N–H and O–H groups in total. The first-order valence-electron chi connectivity index (χ1n) is 7.57.